The molecule has 0 amide bonds. The molecule has 0 aliphatic heterocycles. The first-order valence-electron chi connectivity index (χ1n) is 6.95. The molecule has 0 spiro atoms. The number of rotatable bonds is 6. The molecule has 3 rings (SSSR count). The van der Waals surface area contributed by atoms with Gasteiger partial charge in [0.05, 0.1) is 12.1 Å². The molecule has 5 nitrogen and oxygen atoms in total. The average Bonchev–Trinajstić information content (AvgIpc) is 2.92. The number of hydrogen-bond acceptors (Lipinski definition) is 5. The third-order valence-electron chi connectivity index (χ3n) is 3.91. The van der Waals surface area contributed by atoms with Gasteiger partial charge >= 0.3 is 0 Å². The molecule has 1 heterocycles. The van der Waals surface area contributed by atoms with Gasteiger partial charge in [0.2, 0.25) is 11.8 Å². The zero-order valence-corrected chi connectivity index (χ0v) is 11.6. The second-order valence-electron chi connectivity index (χ2n) is 5.21. The fourth-order valence-electron chi connectivity index (χ4n) is 2.44. The molecule has 1 N–H and O–H groups in total. The highest BCUT2D eigenvalue weighted by Gasteiger charge is 2.36. The van der Waals surface area contributed by atoms with Crippen LogP contribution >= 0.6 is 0 Å². The minimum Gasteiger partial charge on any atom is -0.419 e. The molecular weight excluding hydrogens is 254 g/mol. The number of hydrogen-bond donors (Lipinski definition) is 1. The summed E-state index contributed by atoms with van der Waals surface area (Å²) in [6, 6.07) is 9.79. The summed E-state index contributed by atoms with van der Waals surface area (Å²) in [5.41, 5.74) is 0.959. The third-order valence-corrected chi connectivity index (χ3v) is 3.91. The largest absolute Gasteiger partial charge is 0.419 e. The van der Waals surface area contributed by atoms with Gasteiger partial charge in [-0.25, -0.2) is 0 Å². The summed E-state index contributed by atoms with van der Waals surface area (Å²) in [5, 5.41) is 11.5. The van der Waals surface area contributed by atoms with Gasteiger partial charge in [-0.3, -0.25) is 0 Å². The monoisotopic (exact) mass is 273 g/mol. The smallest absolute Gasteiger partial charge is 0.247 e. The van der Waals surface area contributed by atoms with E-state index in [9.17, 15) is 0 Å². The molecule has 106 valence electrons. The van der Waals surface area contributed by atoms with Crippen molar-refractivity contribution in [3.63, 3.8) is 0 Å². The van der Waals surface area contributed by atoms with Crippen LogP contribution in [0.3, 0.4) is 0 Å². The first-order valence-corrected chi connectivity index (χ1v) is 6.95. The van der Waals surface area contributed by atoms with Crippen molar-refractivity contribution in [1.82, 2.24) is 15.5 Å². The predicted molar refractivity (Wildman–Crippen MR) is 75.0 cm³/mol. The van der Waals surface area contributed by atoms with Crippen molar-refractivity contribution in [3.8, 4) is 11.5 Å². The maximum absolute atomic E-state index is 5.64. The maximum Gasteiger partial charge on any atom is 0.247 e. The zero-order valence-electron chi connectivity index (χ0n) is 11.6. The first-order chi connectivity index (χ1) is 9.81. The van der Waals surface area contributed by atoms with Gasteiger partial charge in [-0.2, -0.15) is 0 Å². The van der Waals surface area contributed by atoms with Crippen LogP contribution < -0.4 is 5.32 Å². The van der Waals surface area contributed by atoms with Crippen LogP contribution in [0.15, 0.2) is 34.7 Å². The van der Waals surface area contributed by atoms with Gasteiger partial charge in [-0.1, -0.05) is 18.2 Å². The van der Waals surface area contributed by atoms with Crippen LogP contribution in [0, 0.1) is 0 Å². The molecule has 0 bridgehead atoms. The Morgan fingerprint density at radius 2 is 2.05 bits per heavy atom. The van der Waals surface area contributed by atoms with E-state index in [4.69, 9.17) is 9.15 Å². The van der Waals surface area contributed by atoms with Crippen LogP contribution in [-0.2, 0) is 11.3 Å². The number of nitrogens with one attached hydrogen (secondary N) is 1. The van der Waals surface area contributed by atoms with E-state index >= 15 is 0 Å². The van der Waals surface area contributed by atoms with E-state index in [0.29, 0.717) is 18.3 Å². The van der Waals surface area contributed by atoms with Gasteiger partial charge in [-0.05, 0) is 31.4 Å². The lowest BCUT2D eigenvalue weighted by atomic mass is 9.80. The molecule has 1 aliphatic rings. The summed E-state index contributed by atoms with van der Waals surface area (Å²) in [5.74, 6) is 1.17. The Balaban J connectivity index is 1.55. The standard InChI is InChI=1S/C15H19N3O2/c1-19-15(8-5-9-15)11-16-10-13-17-18-14(20-13)12-6-3-2-4-7-12/h2-4,6-7,16H,5,8-11H2,1H3. The molecule has 0 unspecified atom stereocenters. The van der Waals surface area contributed by atoms with Crippen molar-refractivity contribution < 1.29 is 9.15 Å². The van der Waals surface area contributed by atoms with Gasteiger partial charge in [-0.15, -0.1) is 10.2 Å². The van der Waals surface area contributed by atoms with E-state index in [1.54, 1.807) is 7.11 Å². The number of ether oxygens (including phenoxy) is 1. The second kappa shape index (κ2) is 5.73. The molecule has 5 heteroatoms. The van der Waals surface area contributed by atoms with E-state index in [1.165, 1.54) is 6.42 Å². The highest BCUT2D eigenvalue weighted by atomic mass is 16.5. The molecule has 0 atom stereocenters. The molecule has 0 saturated heterocycles. The average molecular weight is 273 g/mol. The van der Waals surface area contributed by atoms with E-state index in [2.05, 4.69) is 15.5 Å². The minimum absolute atomic E-state index is 0.0162. The van der Waals surface area contributed by atoms with Crippen LogP contribution in [-0.4, -0.2) is 29.5 Å². The third kappa shape index (κ3) is 2.73. The molecular formula is C15H19N3O2. The topological polar surface area (TPSA) is 60.2 Å². The summed E-state index contributed by atoms with van der Waals surface area (Å²) in [6.07, 6.45) is 3.49. The number of nitrogens with zero attached hydrogens (tertiary/aromatic N) is 2. The maximum atomic E-state index is 5.64. The Bertz CT molecular complexity index is 544. The minimum atomic E-state index is 0.0162. The number of benzene rings is 1. The SMILES string of the molecule is COC1(CNCc2nnc(-c3ccccc3)o2)CCC1. The van der Waals surface area contributed by atoms with Crippen LogP contribution in [0.1, 0.15) is 25.2 Å². The first kappa shape index (κ1) is 13.3. The summed E-state index contributed by atoms with van der Waals surface area (Å²) >= 11 is 0. The van der Waals surface area contributed by atoms with Crippen LogP contribution in [0.25, 0.3) is 11.5 Å². The molecule has 0 radical (unpaired) electrons. The zero-order chi connectivity index (χ0) is 13.8. The van der Waals surface area contributed by atoms with E-state index in [0.717, 1.165) is 24.9 Å². The Labute approximate surface area is 118 Å². The Hall–Kier alpha value is -1.72. The van der Waals surface area contributed by atoms with E-state index in [1.807, 2.05) is 30.3 Å². The van der Waals surface area contributed by atoms with Crippen molar-refractivity contribution in [2.75, 3.05) is 13.7 Å². The summed E-state index contributed by atoms with van der Waals surface area (Å²) in [4.78, 5) is 0. The molecule has 1 aromatic heterocycles. The van der Waals surface area contributed by atoms with Gasteiger partial charge in [0.1, 0.15) is 0 Å². The van der Waals surface area contributed by atoms with Crippen molar-refractivity contribution >= 4 is 0 Å². The van der Waals surface area contributed by atoms with Gasteiger partial charge in [0.25, 0.3) is 0 Å². The number of methoxy groups -OCH3 is 1. The lowest BCUT2D eigenvalue weighted by Gasteiger charge is -2.40. The van der Waals surface area contributed by atoms with Gasteiger partial charge in [0, 0.05) is 19.2 Å². The van der Waals surface area contributed by atoms with Gasteiger partial charge in [0.15, 0.2) is 0 Å². The highest BCUT2D eigenvalue weighted by molar-refractivity contribution is 5.51. The Morgan fingerprint density at radius 1 is 1.25 bits per heavy atom. The molecule has 2 aromatic rings. The van der Waals surface area contributed by atoms with Crippen LogP contribution in [0.4, 0.5) is 0 Å². The van der Waals surface area contributed by atoms with E-state index in [-0.39, 0.29) is 5.60 Å². The van der Waals surface area contributed by atoms with Crippen molar-refractivity contribution in [2.24, 2.45) is 0 Å². The lowest BCUT2D eigenvalue weighted by molar-refractivity contribution is -0.0697. The van der Waals surface area contributed by atoms with Gasteiger partial charge < -0.3 is 14.5 Å². The summed E-state index contributed by atoms with van der Waals surface area (Å²) in [7, 11) is 1.78. The molecule has 1 aromatic carbocycles. The fourth-order valence-corrected chi connectivity index (χ4v) is 2.44. The van der Waals surface area contributed by atoms with E-state index < -0.39 is 0 Å². The second-order valence-corrected chi connectivity index (χ2v) is 5.21. The predicted octanol–water partition coefficient (Wildman–Crippen LogP) is 2.40. The summed E-state index contributed by atoms with van der Waals surface area (Å²) in [6.45, 7) is 1.40. The van der Waals surface area contributed by atoms with Crippen molar-refractivity contribution in [2.45, 2.75) is 31.4 Å². The lowest BCUT2D eigenvalue weighted by Crippen LogP contribution is -2.47. The summed E-state index contributed by atoms with van der Waals surface area (Å²) < 4.78 is 11.2. The molecule has 1 fully saturated rings. The van der Waals surface area contributed by atoms with Crippen molar-refractivity contribution in [3.05, 3.63) is 36.2 Å². The normalized spacial score (nSPS) is 16.9. The fraction of sp³-hybridized carbons (Fsp3) is 0.467. The molecule has 20 heavy (non-hydrogen) atoms. The highest BCUT2D eigenvalue weighted by Crippen LogP contribution is 2.34. The molecule has 1 saturated carbocycles. The Kier molecular flexibility index (Phi) is 3.80. The quantitative estimate of drug-likeness (QED) is 0.875. The van der Waals surface area contributed by atoms with Crippen LogP contribution in [0.5, 0.6) is 0 Å². The van der Waals surface area contributed by atoms with Crippen molar-refractivity contribution in [1.29, 1.82) is 0 Å². The number of aromatic nitrogens is 2. The molecule has 1 aliphatic carbocycles. The Morgan fingerprint density at radius 3 is 2.70 bits per heavy atom. The van der Waals surface area contributed by atoms with Crippen LogP contribution in [0.2, 0.25) is 0 Å².